The summed E-state index contributed by atoms with van der Waals surface area (Å²) in [6, 6.07) is 8.92. The van der Waals surface area contributed by atoms with Gasteiger partial charge in [-0.25, -0.2) is 0 Å². The van der Waals surface area contributed by atoms with E-state index in [4.69, 9.17) is 27.9 Å². The standard InChI is InChI=1S/C17H13Cl2N3O4S/c1-26-8-7-21-15-13(6-5-12(18)14(15)19)27-17(21)20-16(23)10-3-2-4-11(9-10)22(24)25/h2-6,9H,7-8H2,1H3. The molecule has 0 spiro atoms. The van der Waals surface area contributed by atoms with Crippen molar-refractivity contribution in [3.8, 4) is 0 Å². The van der Waals surface area contributed by atoms with Gasteiger partial charge in [0.15, 0.2) is 4.80 Å². The quantitative estimate of drug-likeness (QED) is 0.450. The number of ether oxygens (including phenoxy) is 1. The molecule has 1 amide bonds. The monoisotopic (exact) mass is 425 g/mol. The van der Waals surface area contributed by atoms with E-state index in [1.807, 2.05) is 0 Å². The lowest BCUT2D eigenvalue weighted by atomic mass is 10.2. The number of rotatable bonds is 5. The SMILES string of the molecule is COCCn1c(=NC(=O)c2cccc([N+](=O)[O-])c2)sc2ccc(Cl)c(Cl)c21. The van der Waals surface area contributed by atoms with Crippen molar-refractivity contribution in [1.29, 1.82) is 0 Å². The molecule has 0 aliphatic rings. The molecule has 0 atom stereocenters. The molecule has 0 saturated carbocycles. The molecular weight excluding hydrogens is 413 g/mol. The largest absolute Gasteiger partial charge is 0.383 e. The molecule has 0 N–H and O–H groups in total. The molecule has 1 aromatic heterocycles. The van der Waals surface area contributed by atoms with Gasteiger partial charge in [0.1, 0.15) is 0 Å². The molecule has 0 aliphatic heterocycles. The normalized spacial score (nSPS) is 11.9. The van der Waals surface area contributed by atoms with E-state index < -0.39 is 10.8 Å². The molecule has 27 heavy (non-hydrogen) atoms. The smallest absolute Gasteiger partial charge is 0.279 e. The molecule has 10 heteroatoms. The number of nitrogens with zero attached hydrogens (tertiary/aromatic N) is 3. The number of non-ortho nitro benzene ring substituents is 1. The van der Waals surface area contributed by atoms with Crippen LogP contribution in [0.25, 0.3) is 10.2 Å². The predicted molar refractivity (Wildman–Crippen MR) is 105 cm³/mol. The van der Waals surface area contributed by atoms with Crippen LogP contribution in [0.1, 0.15) is 10.4 Å². The van der Waals surface area contributed by atoms with Gasteiger partial charge in [0.05, 0.1) is 31.8 Å². The molecule has 0 fully saturated rings. The maximum Gasteiger partial charge on any atom is 0.279 e. The summed E-state index contributed by atoms with van der Waals surface area (Å²) in [5.74, 6) is -0.585. The van der Waals surface area contributed by atoms with E-state index in [0.717, 1.165) is 4.70 Å². The number of carbonyl (C=O) groups excluding carboxylic acids is 1. The van der Waals surface area contributed by atoms with Crippen molar-refractivity contribution in [3.63, 3.8) is 0 Å². The maximum atomic E-state index is 12.6. The summed E-state index contributed by atoms with van der Waals surface area (Å²) in [4.78, 5) is 27.5. The minimum Gasteiger partial charge on any atom is -0.383 e. The number of nitro groups is 1. The number of hydrogen-bond donors (Lipinski definition) is 0. The van der Waals surface area contributed by atoms with Gasteiger partial charge in [-0.3, -0.25) is 14.9 Å². The number of nitro benzene ring substituents is 1. The van der Waals surface area contributed by atoms with E-state index in [2.05, 4.69) is 4.99 Å². The number of amides is 1. The van der Waals surface area contributed by atoms with Gasteiger partial charge >= 0.3 is 0 Å². The fraction of sp³-hybridized carbons (Fsp3) is 0.176. The van der Waals surface area contributed by atoms with Crippen LogP contribution >= 0.6 is 34.5 Å². The Morgan fingerprint density at radius 1 is 1.33 bits per heavy atom. The molecule has 0 bridgehead atoms. The maximum absolute atomic E-state index is 12.6. The molecule has 140 valence electrons. The highest BCUT2D eigenvalue weighted by atomic mass is 35.5. The second-order valence-corrected chi connectivity index (χ2v) is 7.26. The fourth-order valence-electron chi connectivity index (χ4n) is 2.48. The minimum atomic E-state index is -0.585. The van der Waals surface area contributed by atoms with Crippen molar-refractivity contribution < 1.29 is 14.5 Å². The number of carbonyl (C=O) groups is 1. The zero-order valence-electron chi connectivity index (χ0n) is 14.0. The highest BCUT2D eigenvalue weighted by molar-refractivity contribution is 7.16. The van der Waals surface area contributed by atoms with Gasteiger partial charge in [0.2, 0.25) is 0 Å². The van der Waals surface area contributed by atoms with Crippen molar-refractivity contribution in [2.24, 2.45) is 4.99 Å². The average molecular weight is 426 g/mol. The molecular formula is C17H13Cl2N3O4S. The van der Waals surface area contributed by atoms with Gasteiger partial charge in [-0.15, -0.1) is 0 Å². The Hall–Kier alpha value is -2.26. The Morgan fingerprint density at radius 3 is 2.81 bits per heavy atom. The molecule has 1 heterocycles. The Kier molecular flexibility index (Phi) is 5.91. The summed E-state index contributed by atoms with van der Waals surface area (Å²) in [5.41, 5.74) is 0.621. The molecule has 3 rings (SSSR count). The van der Waals surface area contributed by atoms with Crippen LogP contribution in [0.15, 0.2) is 41.4 Å². The minimum absolute atomic E-state index is 0.129. The van der Waals surface area contributed by atoms with Crippen LogP contribution in [0.2, 0.25) is 10.0 Å². The van der Waals surface area contributed by atoms with Gasteiger partial charge in [0.25, 0.3) is 11.6 Å². The van der Waals surface area contributed by atoms with Crippen LogP contribution in [0, 0.1) is 10.1 Å². The Balaban J connectivity index is 2.15. The summed E-state index contributed by atoms with van der Waals surface area (Å²) >= 11 is 13.7. The molecule has 7 nitrogen and oxygen atoms in total. The third kappa shape index (κ3) is 4.03. The highest BCUT2D eigenvalue weighted by Gasteiger charge is 2.15. The van der Waals surface area contributed by atoms with Crippen LogP contribution in [0.3, 0.4) is 0 Å². The highest BCUT2D eigenvalue weighted by Crippen LogP contribution is 2.32. The zero-order chi connectivity index (χ0) is 19.6. The van der Waals surface area contributed by atoms with Crippen LogP contribution in [-0.4, -0.2) is 29.1 Å². The summed E-state index contributed by atoms with van der Waals surface area (Å²) in [6.45, 7) is 0.796. The van der Waals surface area contributed by atoms with E-state index in [1.165, 1.54) is 35.6 Å². The van der Waals surface area contributed by atoms with E-state index in [-0.39, 0.29) is 11.3 Å². The second kappa shape index (κ2) is 8.18. The number of benzene rings is 2. The van der Waals surface area contributed by atoms with Crippen molar-refractivity contribution >= 4 is 56.3 Å². The van der Waals surface area contributed by atoms with Crippen molar-refractivity contribution in [1.82, 2.24) is 4.57 Å². The topological polar surface area (TPSA) is 86.7 Å². The number of methoxy groups -OCH3 is 1. The third-order valence-electron chi connectivity index (χ3n) is 3.75. The lowest BCUT2D eigenvalue weighted by Gasteiger charge is -2.06. The molecule has 2 aromatic carbocycles. The first-order valence-corrected chi connectivity index (χ1v) is 9.29. The molecule has 3 aromatic rings. The summed E-state index contributed by atoms with van der Waals surface area (Å²) in [5, 5.41) is 11.7. The van der Waals surface area contributed by atoms with Gasteiger partial charge in [0, 0.05) is 31.4 Å². The van der Waals surface area contributed by atoms with Gasteiger partial charge in [-0.05, 0) is 18.2 Å². The number of aromatic nitrogens is 1. The summed E-state index contributed by atoms with van der Waals surface area (Å²) < 4.78 is 7.70. The van der Waals surface area contributed by atoms with Crippen LogP contribution < -0.4 is 4.80 Å². The van der Waals surface area contributed by atoms with Gasteiger partial charge < -0.3 is 9.30 Å². The molecule has 0 saturated heterocycles. The van der Waals surface area contributed by atoms with Crippen molar-refractivity contribution in [3.05, 3.63) is 66.9 Å². The number of thiazole rings is 1. The van der Waals surface area contributed by atoms with E-state index in [9.17, 15) is 14.9 Å². The molecule has 0 aliphatic carbocycles. The first kappa shape index (κ1) is 19.5. The average Bonchev–Trinajstić information content (AvgIpc) is 3.00. The summed E-state index contributed by atoms with van der Waals surface area (Å²) in [6.07, 6.45) is 0. The van der Waals surface area contributed by atoms with Gasteiger partial charge in [-0.2, -0.15) is 4.99 Å². The second-order valence-electron chi connectivity index (χ2n) is 5.46. The van der Waals surface area contributed by atoms with Crippen molar-refractivity contribution in [2.45, 2.75) is 6.54 Å². The van der Waals surface area contributed by atoms with E-state index >= 15 is 0 Å². The van der Waals surface area contributed by atoms with Crippen LogP contribution in [-0.2, 0) is 11.3 Å². The molecule has 0 radical (unpaired) electrons. The van der Waals surface area contributed by atoms with Crippen molar-refractivity contribution in [2.75, 3.05) is 13.7 Å². The van der Waals surface area contributed by atoms with E-state index in [0.29, 0.717) is 33.5 Å². The predicted octanol–water partition coefficient (Wildman–Crippen LogP) is 4.31. The fourth-order valence-corrected chi connectivity index (χ4v) is 4.02. The van der Waals surface area contributed by atoms with Gasteiger partial charge in [-0.1, -0.05) is 40.6 Å². The molecule has 0 unspecified atom stereocenters. The Bertz CT molecular complexity index is 1110. The Morgan fingerprint density at radius 2 is 2.11 bits per heavy atom. The first-order chi connectivity index (χ1) is 12.9. The lowest BCUT2D eigenvalue weighted by Crippen LogP contribution is -2.19. The third-order valence-corrected chi connectivity index (χ3v) is 5.59. The van der Waals surface area contributed by atoms with Crippen LogP contribution in [0.5, 0.6) is 0 Å². The summed E-state index contributed by atoms with van der Waals surface area (Å²) in [7, 11) is 1.56. The zero-order valence-corrected chi connectivity index (χ0v) is 16.3. The first-order valence-electron chi connectivity index (χ1n) is 7.72. The lowest BCUT2D eigenvalue weighted by molar-refractivity contribution is -0.384. The number of fused-ring (bicyclic) bond motifs is 1. The van der Waals surface area contributed by atoms with E-state index in [1.54, 1.807) is 23.8 Å². The Labute approximate surface area is 167 Å². The van der Waals surface area contributed by atoms with Crippen LogP contribution in [0.4, 0.5) is 5.69 Å². The number of halogens is 2. The number of hydrogen-bond acceptors (Lipinski definition) is 5.